The normalized spacial score (nSPS) is 23.0. The van der Waals surface area contributed by atoms with Gasteiger partial charge in [0.25, 0.3) is 5.91 Å². The van der Waals surface area contributed by atoms with Crippen molar-refractivity contribution in [1.29, 1.82) is 0 Å². The molecule has 0 radical (unpaired) electrons. The maximum Gasteiger partial charge on any atom is 0.254 e. The summed E-state index contributed by atoms with van der Waals surface area (Å²) in [4.78, 5) is 17.6. The van der Waals surface area contributed by atoms with Gasteiger partial charge in [-0.25, -0.2) is 0 Å². The Hall–Kier alpha value is -1.39. The molecule has 2 heterocycles. The van der Waals surface area contributed by atoms with Crippen molar-refractivity contribution in [3.05, 3.63) is 35.4 Å². The number of carbonyl (C=O) groups is 1. The smallest absolute Gasteiger partial charge is 0.254 e. The lowest BCUT2D eigenvalue weighted by molar-refractivity contribution is 0.0295. The zero-order valence-corrected chi connectivity index (χ0v) is 14.2. The molecule has 126 valence electrons. The molecule has 1 aromatic carbocycles. The van der Waals surface area contributed by atoms with E-state index in [9.17, 15) is 4.79 Å². The Kier molecular flexibility index (Phi) is 5.68. The average molecular weight is 316 g/mol. The van der Waals surface area contributed by atoms with Crippen LogP contribution < -0.4 is 0 Å². The van der Waals surface area contributed by atoms with Crippen LogP contribution in [0, 0.1) is 6.92 Å². The third-order valence-electron chi connectivity index (χ3n) is 5.15. The molecular formula is C19H28N2O2. The van der Waals surface area contributed by atoms with Gasteiger partial charge in [0.15, 0.2) is 0 Å². The van der Waals surface area contributed by atoms with E-state index in [1.54, 1.807) is 0 Å². The Morgan fingerprint density at radius 1 is 1.17 bits per heavy atom. The third-order valence-corrected chi connectivity index (χ3v) is 5.15. The van der Waals surface area contributed by atoms with Gasteiger partial charge >= 0.3 is 0 Å². The number of amides is 1. The number of likely N-dealkylation sites (tertiary alicyclic amines) is 1. The van der Waals surface area contributed by atoms with Gasteiger partial charge in [-0.3, -0.25) is 9.69 Å². The molecule has 0 aromatic heterocycles. The minimum Gasteiger partial charge on any atom is -0.379 e. The van der Waals surface area contributed by atoms with E-state index in [1.807, 2.05) is 31.2 Å². The lowest BCUT2D eigenvalue weighted by atomic mass is 9.97. The second-order valence-corrected chi connectivity index (χ2v) is 6.71. The van der Waals surface area contributed by atoms with Gasteiger partial charge in [0, 0.05) is 37.8 Å². The Morgan fingerprint density at radius 3 is 2.74 bits per heavy atom. The van der Waals surface area contributed by atoms with Crippen LogP contribution in [0.4, 0.5) is 0 Å². The van der Waals surface area contributed by atoms with Crippen molar-refractivity contribution in [1.82, 2.24) is 9.80 Å². The van der Waals surface area contributed by atoms with Crippen molar-refractivity contribution in [2.24, 2.45) is 0 Å². The molecule has 1 aromatic rings. The average Bonchev–Trinajstić information content (AvgIpc) is 2.61. The molecular weight excluding hydrogens is 288 g/mol. The van der Waals surface area contributed by atoms with Gasteiger partial charge in [0.2, 0.25) is 0 Å². The number of hydrogen-bond acceptors (Lipinski definition) is 3. The van der Waals surface area contributed by atoms with Crippen molar-refractivity contribution in [2.75, 3.05) is 39.4 Å². The molecule has 4 nitrogen and oxygen atoms in total. The number of piperidine rings is 1. The number of ether oxygens (including phenoxy) is 1. The van der Waals surface area contributed by atoms with E-state index in [0.29, 0.717) is 6.04 Å². The van der Waals surface area contributed by atoms with Gasteiger partial charge < -0.3 is 9.64 Å². The highest BCUT2D eigenvalue weighted by Gasteiger charge is 2.28. The van der Waals surface area contributed by atoms with Crippen molar-refractivity contribution < 1.29 is 9.53 Å². The summed E-state index contributed by atoms with van der Waals surface area (Å²) < 4.78 is 5.42. The lowest BCUT2D eigenvalue weighted by Crippen LogP contribution is -2.46. The summed E-state index contributed by atoms with van der Waals surface area (Å²) in [5.74, 6) is 0.217. The highest BCUT2D eigenvalue weighted by atomic mass is 16.5. The Balaban J connectivity index is 1.63. The number of benzene rings is 1. The zero-order chi connectivity index (χ0) is 16.1. The maximum absolute atomic E-state index is 13.0. The van der Waals surface area contributed by atoms with Crippen LogP contribution in [0.25, 0.3) is 0 Å². The molecule has 2 fully saturated rings. The van der Waals surface area contributed by atoms with E-state index in [1.165, 1.54) is 6.42 Å². The van der Waals surface area contributed by atoms with Gasteiger partial charge in [-0.15, -0.1) is 0 Å². The fourth-order valence-corrected chi connectivity index (χ4v) is 3.69. The predicted octanol–water partition coefficient (Wildman–Crippen LogP) is 2.71. The SMILES string of the molecule is Cc1ccccc1C(=O)N1CCCCC1CCN1CCOCC1. The topological polar surface area (TPSA) is 32.8 Å². The van der Waals surface area contributed by atoms with Gasteiger partial charge in [0.05, 0.1) is 13.2 Å². The first kappa shape index (κ1) is 16.5. The first-order chi connectivity index (χ1) is 11.3. The first-order valence-corrected chi connectivity index (χ1v) is 8.92. The van der Waals surface area contributed by atoms with Crippen LogP contribution in [0.2, 0.25) is 0 Å². The van der Waals surface area contributed by atoms with Crippen molar-refractivity contribution in [3.63, 3.8) is 0 Å². The lowest BCUT2D eigenvalue weighted by Gasteiger charge is -2.38. The fraction of sp³-hybridized carbons (Fsp3) is 0.632. The van der Waals surface area contributed by atoms with E-state index in [4.69, 9.17) is 4.74 Å². The van der Waals surface area contributed by atoms with Crippen molar-refractivity contribution in [3.8, 4) is 0 Å². The highest BCUT2D eigenvalue weighted by molar-refractivity contribution is 5.95. The van der Waals surface area contributed by atoms with Crippen molar-refractivity contribution in [2.45, 2.75) is 38.6 Å². The van der Waals surface area contributed by atoms with Crippen LogP contribution in [-0.4, -0.2) is 61.1 Å². The predicted molar refractivity (Wildman–Crippen MR) is 91.7 cm³/mol. The molecule has 2 saturated heterocycles. The molecule has 1 atom stereocenters. The number of hydrogen-bond donors (Lipinski definition) is 0. The summed E-state index contributed by atoms with van der Waals surface area (Å²) in [6.45, 7) is 7.75. The summed E-state index contributed by atoms with van der Waals surface area (Å²) in [5.41, 5.74) is 1.95. The van der Waals surface area contributed by atoms with E-state index >= 15 is 0 Å². The quantitative estimate of drug-likeness (QED) is 0.856. The van der Waals surface area contributed by atoms with Gasteiger partial charge in [-0.2, -0.15) is 0 Å². The van der Waals surface area contributed by atoms with Crippen LogP contribution in [0.5, 0.6) is 0 Å². The standard InChI is InChI=1S/C19H28N2O2/c1-16-6-2-3-8-18(16)19(22)21-10-5-4-7-17(21)9-11-20-12-14-23-15-13-20/h2-3,6,8,17H,4-5,7,9-15H2,1H3. The van der Waals surface area contributed by atoms with Crippen LogP contribution >= 0.6 is 0 Å². The van der Waals surface area contributed by atoms with E-state index < -0.39 is 0 Å². The molecule has 1 amide bonds. The van der Waals surface area contributed by atoms with Crippen LogP contribution in [0.3, 0.4) is 0 Å². The summed E-state index contributed by atoms with van der Waals surface area (Å²) in [5, 5.41) is 0. The van der Waals surface area contributed by atoms with E-state index in [-0.39, 0.29) is 5.91 Å². The summed E-state index contributed by atoms with van der Waals surface area (Å²) >= 11 is 0. The molecule has 2 aliphatic rings. The summed E-state index contributed by atoms with van der Waals surface area (Å²) in [6.07, 6.45) is 4.59. The Morgan fingerprint density at radius 2 is 1.96 bits per heavy atom. The highest BCUT2D eigenvalue weighted by Crippen LogP contribution is 2.23. The second-order valence-electron chi connectivity index (χ2n) is 6.71. The second kappa shape index (κ2) is 7.93. The minimum atomic E-state index is 0.217. The first-order valence-electron chi connectivity index (χ1n) is 8.92. The number of aryl methyl sites for hydroxylation is 1. The number of nitrogens with zero attached hydrogens (tertiary/aromatic N) is 2. The number of carbonyl (C=O) groups excluding carboxylic acids is 1. The molecule has 0 aliphatic carbocycles. The monoisotopic (exact) mass is 316 g/mol. The molecule has 0 N–H and O–H groups in total. The van der Waals surface area contributed by atoms with E-state index in [2.05, 4.69) is 9.80 Å². The molecule has 1 unspecified atom stereocenters. The molecule has 0 spiro atoms. The Bertz CT molecular complexity index is 526. The number of morpholine rings is 1. The molecule has 3 rings (SSSR count). The molecule has 23 heavy (non-hydrogen) atoms. The molecule has 0 bridgehead atoms. The summed E-state index contributed by atoms with van der Waals surface area (Å²) in [7, 11) is 0. The van der Waals surface area contributed by atoms with Gasteiger partial charge in [-0.1, -0.05) is 18.2 Å². The molecule has 0 saturated carbocycles. The minimum absolute atomic E-state index is 0.217. The molecule has 4 heteroatoms. The Labute approximate surface area is 139 Å². The zero-order valence-electron chi connectivity index (χ0n) is 14.2. The van der Waals surface area contributed by atoms with Crippen LogP contribution in [0.1, 0.15) is 41.6 Å². The van der Waals surface area contributed by atoms with Gasteiger partial charge in [-0.05, 0) is 44.2 Å². The fourth-order valence-electron chi connectivity index (χ4n) is 3.69. The van der Waals surface area contributed by atoms with Crippen molar-refractivity contribution >= 4 is 5.91 Å². The maximum atomic E-state index is 13.0. The van der Waals surface area contributed by atoms with Crippen LogP contribution in [0.15, 0.2) is 24.3 Å². The third kappa shape index (κ3) is 4.12. The molecule has 2 aliphatic heterocycles. The van der Waals surface area contributed by atoms with Crippen LogP contribution in [-0.2, 0) is 4.74 Å². The van der Waals surface area contributed by atoms with Gasteiger partial charge in [0.1, 0.15) is 0 Å². The summed E-state index contributed by atoms with van der Waals surface area (Å²) in [6, 6.07) is 8.34. The largest absolute Gasteiger partial charge is 0.379 e. The van der Waals surface area contributed by atoms with E-state index in [0.717, 1.165) is 69.8 Å². The number of rotatable bonds is 4.